The van der Waals surface area contributed by atoms with Crippen LogP contribution in [0.5, 0.6) is 0 Å². The fourth-order valence-electron chi connectivity index (χ4n) is 2.71. The zero-order valence-electron chi connectivity index (χ0n) is 16.3. The summed E-state index contributed by atoms with van der Waals surface area (Å²) in [5, 5.41) is 10.8. The van der Waals surface area contributed by atoms with Crippen molar-refractivity contribution < 1.29 is 14.1 Å². The minimum atomic E-state index is -0.321. The number of nitrogens with one attached hydrogen (secondary N) is 1. The van der Waals surface area contributed by atoms with Gasteiger partial charge in [0.05, 0.1) is 18.7 Å². The first-order chi connectivity index (χ1) is 12.2. The van der Waals surface area contributed by atoms with Gasteiger partial charge in [-0.1, -0.05) is 19.0 Å². The summed E-state index contributed by atoms with van der Waals surface area (Å²) in [6.07, 6.45) is 0.225. The molecule has 0 radical (unpaired) electrons. The number of nitrogens with zero attached hydrogens (tertiary/aromatic N) is 4. The van der Waals surface area contributed by atoms with Crippen molar-refractivity contribution in [1.82, 2.24) is 19.8 Å². The lowest BCUT2D eigenvalue weighted by Gasteiger charge is -2.16. The Hall–Kier alpha value is -2.64. The summed E-state index contributed by atoms with van der Waals surface area (Å²) in [6.45, 7) is 10.6. The maximum absolute atomic E-state index is 12.5. The van der Waals surface area contributed by atoms with Crippen LogP contribution in [0.4, 0.5) is 5.82 Å². The average Bonchev–Trinajstić information content (AvgIpc) is 3.04. The summed E-state index contributed by atoms with van der Waals surface area (Å²) in [5.74, 6) is 0.969. The van der Waals surface area contributed by atoms with Crippen LogP contribution in [0.15, 0.2) is 10.6 Å². The number of amides is 2. The van der Waals surface area contributed by atoms with Crippen molar-refractivity contribution in [3.8, 4) is 0 Å². The van der Waals surface area contributed by atoms with Gasteiger partial charge in [0.15, 0.2) is 5.82 Å². The molecule has 8 heteroatoms. The molecule has 2 rings (SSSR count). The molecule has 0 bridgehead atoms. The molecular weight excluding hydrogens is 334 g/mol. The summed E-state index contributed by atoms with van der Waals surface area (Å²) in [5.41, 5.74) is 2.78. The Kier molecular flexibility index (Phi) is 6.18. The molecule has 0 saturated carbocycles. The number of likely N-dealkylation sites (N-methyl/N-ethyl adjacent to an activating group) is 1. The van der Waals surface area contributed by atoms with E-state index in [-0.39, 0.29) is 24.8 Å². The van der Waals surface area contributed by atoms with Crippen LogP contribution in [-0.2, 0) is 22.6 Å². The molecule has 0 aromatic carbocycles. The third kappa shape index (κ3) is 4.93. The Balaban J connectivity index is 1.96. The Labute approximate surface area is 153 Å². The van der Waals surface area contributed by atoms with Gasteiger partial charge in [0.2, 0.25) is 11.8 Å². The van der Waals surface area contributed by atoms with E-state index in [2.05, 4.69) is 29.4 Å². The molecule has 0 aliphatic rings. The minimum absolute atomic E-state index is 0.0526. The van der Waals surface area contributed by atoms with Gasteiger partial charge in [0.25, 0.3) is 0 Å². The number of hydrogen-bond acceptors (Lipinski definition) is 5. The van der Waals surface area contributed by atoms with Crippen molar-refractivity contribution >= 4 is 17.6 Å². The molecule has 2 heterocycles. The van der Waals surface area contributed by atoms with E-state index in [1.807, 2.05) is 18.5 Å². The normalized spacial score (nSPS) is 11.0. The van der Waals surface area contributed by atoms with Gasteiger partial charge in [-0.3, -0.25) is 14.3 Å². The molecule has 2 aromatic rings. The predicted octanol–water partition coefficient (Wildman–Crippen LogP) is 2.09. The highest BCUT2D eigenvalue weighted by atomic mass is 16.5. The van der Waals surface area contributed by atoms with E-state index in [0.717, 1.165) is 23.5 Å². The number of rotatable bonds is 7. The Morgan fingerprint density at radius 3 is 2.58 bits per heavy atom. The highest BCUT2D eigenvalue weighted by molar-refractivity contribution is 5.94. The SMILES string of the molecule is Cc1cc(NC(=O)CN(C)C(=O)Cc2c(C)nn(CC(C)C)c2C)no1. The van der Waals surface area contributed by atoms with Crippen LogP contribution in [0.1, 0.15) is 36.6 Å². The molecule has 0 aliphatic heterocycles. The van der Waals surface area contributed by atoms with E-state index in [1.54, 1.807) is 20.0 Å². The smallest absolute Gasteiger partial charge is 0.245 e. The molecule has 2 aromatic heterocycles. The molecule has 142 valence electrons. The van der Waals surface area contributed by atoms with Gasteiger partial charge in [0, 0.05) is 30.9 Å². The lowest BCUT2D eigenvalue weighted by atomic mass is 10.1. The maximum atomic E-state index is 12.5. The molecular formula is C18H27N5O3. The van der Waals surface area contributed by atoms with Crippen LogP contribution >= 0.6 is 0 Å². The van der Waals surface area contributed by atoms with Crippen molar-refractivity contribution in [1.29, 1.82) is 0 Å². The number of aromatic nitrogens is 3. The minimum Gasteiger partial charge on any atom is -0.360 e. The zero-order chi connectivity index (χ0) is 19.4. The summed E-state index contributed by atoms with van der Waals surface area (Å²) >= 11 is 0. The summed E-state index contributed by atoms with van der Waals surface area (Å²) in [6, 6.07) is 1.62. The molecule has 26 heavy (non-hydrogen) atoms. The second-order valence-corrected chi connectivity index (χ2v) is 7.02. The molecule has 0 atom stereocenters. The highest BCUT2D eigenvalue weighted by Crippen LogP contribution is 2.16. The second kappa shape index (κ2) is 8.16. The lowest BCUT2D eigenvalue weighted by molar-refractivity contribution is -0.132. The predicted molar refractivity (Wildman–Crippen MR) is 97.7 cm³/mol. The first-order valence-electron chi connectivity index (χ1n) is 8.67. The number of hydrogen-bond donors (Lipinski definition) is 1. The van der Waals surface area contributed by atoms with Gasteiger partial charge < -0.3 is 14.7 Å². The van der Waals surface area contributed by atoms with Crippen molar-refractivity contribution in [2.75, 3.05) is 18.9 Å². The van der Waals surface area contributed by atoms with Crippen LogP contribution in [0.3, 0.4) is 0 Å². The van der Waals surface area contributed by atoms with Crippen molar-refractivity contribution in [3.05, 3.63) is 28.8 Å². The number of anilines is 1. The van der Waals surface area contributed by atoms with E-state index in [4.69, 9.17) is 4.52 Å². The Morgan fingerprint density at radius 2 is 2.00 bits per heavy atom. The number of carbonyl (C=O) groups excluding carboxylic acids is 2. The Bertz CT molecular complexity index is 791. The van der Waals surface area contributed by atoms with Gasteiger partial charge in [-0.2, -0.15) is 5.10 Å². The average molecular weight is 361 g/mol. The van der Waals surface area contributed by atoms with Crippen LogP contribution in [0.2, 0.25) is 0 Å². The van der Waals surface area contributed by atoms with E-state index in [1.165, 1.54) is 4.90 Å². The zero-order valence-corrected chi connectivity index (χ0v) is 16.3. The van der Waals surface area contributed by atoms with Crippen molar-refractivity contribution in [2.45, 2.75) is 47.6 Å². The Morgan fingerprint density at radius 1 is 1.31 bits per heavy atom. The van der Waals surface area contributed by atoms with E-state index < -0.39 is 0 Å². The van der Waals surface area contributed by atoms with E-state index >= 15 is 0 Å². The van der Waals surface area contributed by atoms with Crippen LogP contribution in [-0.4, -0.2) is 45.2 Å². The quantitative estimate of drug-likeness (QED) is 0.815. The van der Waals surface area contributed by atoms with Gasteiger partial charge in [-0.05, 0) is 26.7 Å². The molecule has 8 nitrogen and oxygen atoms in total. The van der Waals surface area contributed by atoms with Crippen LogP contribution < -0.4 is 5.32 Å². The van der Waals surface area contributed by atoms with Gasteiger partial charge >= 0.3 is 0 Å². The van der Waals surface area contributed by atoms with Crippen LogP contribution in [0.25, 0.3) is 0 Å². The monoisotopic (exact) mass is 361 g/mol. The first-order valence-corrected chi connectivity index (χ1v) is 8.67. The van der Waals surface area contributed by atoms with E-state index in [9.17, 15) is 9.59 Å². The van der Waals surface area contributed by atoms with Crippen LogP contribution in [0, 0.1) is 26.7 Å². The van der Waals surface area contributed by atoms with Gasteiger partial charge in [-0.15, -0.1) is 0 Å². The summed E-state index contributed by atoms with van der Waals surface area (Å²) < 4.78 is 6.84. The molecule has 0 saturated heterocycles. The van der Waals surface area contributed by atoms with Gasteiger partial charge in [0.1, 0.15) is 5.76 Å². The first kappa shape index (κ1) is 19.7. The summed E-state index contributed by atoms with van der Waals surface area (Å²) in [7, 11) is 1.61. The fourth-order valence-corrected chi connectivity index (χ4v) is 2.71. The third-order valence-electron chi connectivity index (χ3n) is 4.10. The van der Waals surface area contributed by atoms with Gasteiger partial charge in [-0.25, -0.2) is 0 Å². The van der Waals surface area contributed by atoms with Crippen molar-refractivity contribution in [2.24, 2.45) is 5.92 Å². The topological polar surface area (TPSA) is 93.3 Å². The number of aryl methyl sites for hydroxylation is 2. The molecule has 2 amide bonds. The van der Waals surface area contributed by atoms with E-state index in [0.29, 0.717) is 17.5 Å². The maximum Gasteiger partial charge on any atom is 0.245 e. The number of carbonyl (C=O) groups is 2. The highest BCUT2D eigenvalue weighted by Gasteiger charge is 2.19. The molecule has 1 N–H and O–H groups in total. The molecule has 0 fully saturated rings. The van der Waals surface area contributed by atoms with Crippen molar-refractivity contribution in [3.63, 3.8) is 0 Å². The molecule has 0 unspecified atom stereocenters. The lowest BCUT2D eigenvalue weighted by Crippen LogP contribution is -2.36. The fraction of sp³-hybridized carbons (Fsp3) is 0.556. The summed E-state index contributed by atoms with van der Waals surface area (Å²) in [4.78, 5) is 26.0. The second-order valence-electron chi connectivity index (χ2n) is 7.02. The largest absolute Gasteiger partial charge is 0.360 e. The standard InChI is InChI=1S/C18H27N5O3/c1-11(2)9-23-14(5)15(13(4)20-23)8-18(25)22(6)10-17(24)19-16-7-12(3)26-21-16/h7,11H,8-10H2,1-6H3,(H,19,21,24). The molecule has 0 aliphatic carbocycles. The molecule has 0 spiro atoms. The third-order valence-corrected chi connectivity index (χ3v) is 4.10.